The molecule has 5 heteroatoms. The van der Waals surface area contributed by atoms with E-state index in [0.717, 1.165) is 19.3 Å². The van der Waals surface area contributed by atoms with Gasteiger partial charge in [0.15, 0.2) is 0 Å². The van der Waals surface area contributed by atoms with Crippen LogP contribution in [0.3, 0.4) is 0 Å². The minimum atomic E-state index is -0.253. The molecule has 2 amide bonds. The van der Waals surface area contributed by atoms with Gasteiger partial charge < -0.3 is 15.0 Å². The van der Waals surface area contributed by atoms with Gasteiger partial charge in [0, 0.05) is 25.6 Å². The van der Waals surface area contributed by atoms with Gasteiger partial charge in [-0.3, -0.25) is 4.79 Å². The molecule has 23 heavy (non-hydrogen) atoms. The number of carbonyl (C=O) groups is 2. The molecule has 1 aromatic carbocycles. The van der Waals surface area contributed by atoms with Gasteiger partial charge in [-0.25, -0.2) is 4.79 Å². The molecule has 0 radical (unpaired) electrons. The number of nitrogens with zero attached hydrogens (tertiary/aromatic N) is 1. The normalized spacial score (nSPS) is 15.3. The van der Waals surface area contributed by atoms with Crippen LogP contribution in [0.5, 0.6) is 0 Å². The first-order chi connectivity index (χ1) is 11.1. The average molecular weight is 318 g/mol. The predicted octanol–water partition coefficient (Wildman–Crippen LogP) is 2.66. The number of amides is 2. The number of benzene rings is 1. The van der Waals surface area contributed by atoms with Crippen molar-refractivity contribution < 1.29 is 14.3 Å². The molecule has 126 valence electrons. The second kappa shape index (κ2) is 8.56. The van der Waals surface area contributed by atoms with Gasteiger partial charge in [-0.15, -0.1) is 0 Å². The molecular weight excluding hydrogens is 292 g/mol. The van der Waals surface area contributed by atoms with Crippen molar-refractivity contribution in [1.29, 1.82) is 0 Å². The lowest BCUT2D eigenvalue weighted by atomic mass is 10.0. The third-order valence-corrected chi connectivity index (χ3v) is 4.11. The van der Waals surface area contributed by atoms with Crippen LogP contribution in [0.4, 0.5) is 4.79 Å². The van der Waals surface area contributed by atoms with Gasteiger partial charge in [-0.05, 0) is 38.7 Å². The topological polar surface area (TPSA) is 58.6 Å². The van der Waals surface area contributed by atoms with E-state index in [9.17, 15) is 9.59 Å². The summed E-state index contributed by atoms with van der Waals surface area (Å²) in [5.74, 6) is 0.0843. The SMILES string of the molecule is CCOC(=O)N1CCC(NC(=O)CCc2cccc(C)c2)CC1. The van der Waals surface area contributed by atoms with Crippen molar-refractivity contribution in [2.24, 2.45) is 0 Å². The summed E-state index contributed by atoms with van der Waals surface area (Å²) >= 11 is 0. The van der Waals surface area contributed by atoms with Crippen molar-refractivity contribution in [3.8, 4) is 0 Å². The maximum absolute atomic E-state index is 12.1. The number of aryl methyl sites for hydroxylation is 2. The van der Waals surface area contributed by atoms with Crippen molar-refractivity contribution in [3.63, 3.8) is 0 Å². The van der Waals surface area contributed by atoms with Crippen LogP contribution in [0.1, 0.15) is 37.3 Å². The van der Waals surface area contributed by atoms with Gasteiger partial charge in [-0.1, -0.05) is 29.8 Å². The van der Waals surface area contributed by atoms with Crippen molar-refractivity contribution in [2.75, 3.05) is 19.7 Å². The highest BCUT2D eigenvalue weighted by Crippen LogP contribution is 2.12. The summed E-state index contributed by atoms with van der Waals surface area (Å²) in [4.78, 5) is 25.4. The van der Waals surface area contributed by atoms with Gasteiger partial charge in [0.1, 0.15) is 0 Å². The van der Waals surface area contributed by atoms with Gasteiger partial charge >= 0.3 is 6.09 Å². The Kier molecular flexibility index (Phi) is 6.44. The number of rotatable bonds is 5. The molecule has 1 heterocycles. The summed E-state index contributed by atoms with van der Waals surface area (Å²) in [7, 11) is 0. The molecule has 1 aromatic rings. The lowest BCUT2D eigenvalue weighted by Crippen LogP contribution is -2.46. The first-order valence-electron chi connectivity index (χ1n) is 8.35. The van der Waals surface area contributed by atoms with E-state index in [1.165, 1.54) is 11.1 Å². The van der Waals surface area contributed by atoms with Crippen LogP contribution < -0.4 is 5.32 Å². The second-order valence-corrected chi connectivity index (χ2v) is 6.02. The minimum absolute atomic E-state index is 0.0843. The Balaban J connectivity index is 1.69. The van der Waals surface area contributed by atoms with E-state index in [1.807, 2.05) is 6.07 Å². The highest BCUT2D eigenvalue weighted by atomic mass is 16.6. The maximum atomic E-state index is 12.1. The van der Waals surface area contributed by atoms with Crippen LogP contribution in [-0.2, 0) is 16.0 Å². The van der Waals surface area contributed by atoms with Crippen LogP contribution in [-0.4, -0.2) is 42.6 Å². The molecule has 0 atom stereocenters. The molecule has 0 unspecified atom stereocenters. The smallest absolute Gasteiger partial charge is 0.409 e. The molecule has 0 aliphatic carbocycles. The highest BCUT2D eigenvalue weighted by Gasteiger charge is 2.24. The Hall–Kier alpha value is -2.04. The third-order valence-electron chi connectivity index (χ3n) is 4.11. The van der Waals surface area contributed by atoms with Gasteiger partial charge in [0.05, 0.1) is 6.61 Å². The number of likely N-dealkylation sites (tertiary alicyclic amines) is 1. The molecule has 1 aliphatic rings. The fourth-order valence-electron chi connectivity index (χ4n) is 2.85. The Morgan fingerprint density at radius 3 is 2.70 bits per heavy atom. The predicted molar refractivity (Wildman–Crippen MR) is 89.3 cm³/mol. The molecule has 1 saturated heterocycles. The van der Waals surface area contributed by atoms with Crippen LogP contribution in [0.15, 0.2) is 24.3 Å². The summed E-state index contributed by atoms with van der Waals surface area (Å²) in [5.41, 5.74) is 2.41. The Morgan fingerprint density at radius 1 is 1.30 bits per heavy atom. The van der Waals surface area contributed by atoms with Crippen molar-refractivity contribution >= 4 is 12.0 Å². The molecule has 5 nitrogen and oxygen atoms in total. The van der Waals surface area contributed by atoms with Crippen molar-refractivity contribution in [3.05, 3.63) is 35.4 Å². The molecule has 0 bridgehead atoms. The summed E-state index contributed by atoms with van der Waals surface area (Å²) in [5, 5.41) is 3.08. The van der Waals surface area contributed by atoms with Crippen LogP contribution >= 0.6 is 0 Å². The van der Waals surface area contributed by atoms with E-state index in [-0.39, 0.29) is 18.0 Å². The van der Waals surface area contributed by atoms with Crippen LogP contribution in [0.2, 0.25) is 0 Å². The molecule has 0 saturated carbocycles. The number of carbonyl (C=O) groups excluding carboxylic acids is 2. The van der Waals surface area contributed by atoms with E-state index in [4.69, 9.17) is 4.74 Å². The first-order valence-corrected chi connectivity index (χ1v) is 8.35. The monoisotopic (exact) mass is 318 g/mol. The summed E-state index contributed by atoms with van der Waals surface area (Å²) in [6.07, 6.45) is 2.58. The number of hydrogen-bond acceptors (Lipinski definition) is 3. The van der Waals surface area contributed by atoms with Crippen molar-refractivity contribution in [1.82, 2.24) is 10.2 Å². The number of nitrogens with one attached hydrogen (secondary N) is 1. The zero-order chi connectivity index (χ0) is 16.7. The summed E-state index contributed by atoms with van der Waals surface area (Å²) in [6, 6.07) is 8.41. The Morgan fingerprint density at radius 2 is 2.04 bits per heavy atom. The molecule has 0 spiro atoms. The Labute approximate surface area is 138 Å². The number of ether oxygens (including phenoxy) is 1. The number of hydrogen-bond donors (Lipinski definition) is 1. The lowest BCUT2D eigenvalue weighted by molar-refractivity contribution is -0.122. The van der Waals surface area contributed by atoms with E-state index in [0.29, 0.717) is 26.1 Å². The molecule has 2 rings (SSSR count). The summed E-state index contributed by atoms with van der Waals surface area (Å²) < 4.78 is 4.99. The zero-order valence-electron chi connectivity index (χ0n) is 14.0. The molecule has 1 N–H and O–H groups in total. The zero-order valence-corrected chi connectivity index (χ0v) is 14.0. The maximum Gasteiger partial charge on any atom is 0.409 e. The van der Waals surface area contributed by atoms with E-state index in [2.05, 4.69) is 30.4 Å². The van der Waals surface area contributed by atoms with Crippen LogP contribution in [0.25, 0.3) is 0 Å². The molecule has 1 fully saturated rings. The van der Waals surface area contributed by atoms with E-state index >= 15 is 0 Å². The third kappa shape index (κ3) is 5.58. The first kappa shape index (κ1) is 17.3. The lowest BCUT2D eigenvalue weighted by Gasteiger charge is -2.31. The fourth-order valence-corrected chi connectivity index (χ4v) is 2.85. The van der Waals surface area contributed by atoms with Crippen molar-refractivity contribution in [2.45, 2.75) is 45.6 Å². The minimum Gasteiger partial charge on any atom is -0.450 e. The van der Waals surface area contributed by atoms with Gasteiger partial charge in [0.2, 0.25) is 5.91 Å². The second-order valence-electron chi connectivity index (χ2n) is 6.02. The highest BCUT2D eigenvalue weighted by molar-refractivity contribution is 5.76. The quantitative estimate of drug-likeness (QED) is 0.908. The largest absolute Gasteiger partial charge is 0.450 e. The Bertz CT molecular complexity index is 537. The van der Waals surface area contributed by atoms with E-state index in [1.54, 1.807) is 11.8 Å². The fraction of sp³-hybridized carbons (Fsp3) is 0.556. The number of piperidine rings is 1. The standard InChI is InChI=1S/C18H26N2O3/c1-3-23-18(22)20-11-9-16(10-12-20)19-17(21)8-7-15-6-4-5-14(2)13-15/h4-6,13,16H,3,7-12H2,1-2H3,(H,19,21). The van der Waals surface area contributed by atoms with Gasteiger partial charge in [-0.2, -0.15) is 0 Å². The molecular formula is C18H26N2O3. The summed E-state index contributed by atoms with van der Waals surface area (Å²) in [6.45, 7) is 5.54. The average Bonchev–Trinajstić information content (AvgIpc) is 2.54. The molecule has 1 aliphatic heterocycles. The molecule has 0 aromatic heterocycles. The van der Waals surface area contributed by atoms with E-state index < -0.39 is 0 Å². The van der Waals surface area contributed by atoms with Gasteiger partial charge in [0.25, 0.3) is 0 Å². The van der Waals surface area contributed by atoms with Crippen LogP contribution in [0, 0.1) is 6.92 Å².